The Hall–Kier alpha value is -6.18. The molecule has 3 aliphatic heterocycles. The number of allylic oxidation sites excluding steroid dienone is 4. The molecule has 0 spiro atoms. The Balaban J connectivity index is 1.22. The van der Waals surface area contributed by atoms with Crippen molar-refractivity contribution >= 4 is 74.2 Å². The fourth-order valence-electron chi connectivity index (χ4n) is 14.4. The molecule has 3 aliphatic carbocycles. The van der Waals surface area contributed by atoms with Crippen LogP contribution in [0.5, 0.6) is 0 Å². The fourth-order valence-corrected chi connectivity index (χ4v) is 14.4. The number of hydrogen-bond acceptors (Lipinski definition) is 3. The van der Waals surface area contributed by atoms with Gasteiger partial charge in [0.25, 0.3) is 6.71 Å². The molecule has 0 saturated heterocycles. The Morgan fingerprint density at radius 3 is 1.93 bits per heavy atom. The predicted octanol–water partition coefficient (Wildman–Crippen LogP) is 16.8. The van der Waals surface area contributed by atoms with Crippen LogP contribution in [0, 0.1) is 11.3 Å². The van der Waals surface area contributed by atoms with Gasteiger partial charge in [0.1, 0.15) is 0 Å². The molecule has 4 atom stereocenters. The van der Waals surface area contributed by atoms with Gasteiger partial charge in [-0.05, 0) is 195 Å². The standard InChI is InChI=1S/C69H76BN3/c1-44-33-35-67(11,12)53-42-56-60(41-51(44)53)72(57-31-29-46(64(2,3)4)37-52(57)45-23-17-15-18-24-45)62-40-50(39-61-63(62)70(56)55-27-21-22-28-59(55)71(61)49-25-19-16-20-26-49)73-58-32-30-47(65(5,6)7)38-54(58)68(13)43-48(66(8,9)10)34-36-69(68,73)14/h16-17,19-32,37-42,44,48H,33-36,43H2,1-14H3. The molecule has 0 amide bonds. The van der Waals surface area contributed by atoms with Crippen LogP contribution in [0.2, 0.25) is 0 Å². The molecule has 0 bridgehead atoms. The van der Waals surface area contributed by atoms with Crippen molar-refractivity contribution in [2.45, 2.75) is 162 Å². The first-order chi connectivity index (χ1) is 34.5. The lowest BCUT2D eigenvalue weighted by molar-refractivity contribution is 0.0786. The van der Waals surface area contributed by atoms with Gasteiger partial charge in [-0.15, -0.1) is 0 Å². The minimum absolute atomic E-state index is 0.0139. The first-order valence-electron chi connectivity index (χ1n) is 27.6. The average Bonchev–Trinajstić information content (AvgIpc) is 3.56. The van der Waals surface area contributed by atoms with Gasteiger partial charge in [0, 0.05) is 50.8 Å². The van der Waals surface area contributed by atoms with Crippen molar-refractivity contribution in [2.24, 2.45) is 11.3 Å². The second kappa shape index (κ2) is 16.2. The summed E-state index contributed by atoms with van der Waals surface area (Å²) >= 11 is 0. The summed E-state index contributed by atoms with van der Waals surface area (Å²) < 4.78 is 0. The van der Waals surface area contributed by atoms with Gasteiger partial charge in [-0.25, -0.2) is 0 Å². The Bertz CT molecular complexity index is 3410. The molecule has 370 valence electrons. The van der Waals surface area contributed by atoms with Crippen LogP contribution < -0.4 is 31.1 Å². The SMILES string of the molecule is CC1CCC(C)(C)c2cc3c(cc21)N(c1ccc(C(C)(C)C)cc1C1=CC=C=C=C1)c1cc(N2c4ccc(C(C)(C)C)cc4C4(C)CC(C(C)(C)C)CCC24C)cc2c1B3c1ccccc1N2c1ccccc1. The third-order valence-electron chi connectivity index (χ3n) is 19.2. The van der Waals surface area contributed by atoms with Gasteiger partial charge in [-0.3, -0.25) is 0 Å². The highest BCUT2D eigenvalue weighted by atomic mass is 15.3. The Morgan fingerprint density at radius 2 is 1.25 bits per heavy atom. The number of hydrogen-bond donors (Lipinski definition) is 0. The maximum atomic E-state index is 3.37. The van der Waals surface area contributed by atoms with Crippen LogP contribution in [0.4, 0.5) is 45.5 Å². The van der Waals surface area contributed by atoms with Crippen LogP contribution >= 0.6 is 0 Å². The van der Waals surface area contributed by atoms with Gasteiger partial charge in [-0.1, -0.05) is 162 Å². The number of anilines is 8. The molecule has 1 saturated carbocycles. The monoisotopic (exact) mass is 958 g/mol. The van der Waals surface area contributed by atoms with Gasteiger partial charge >= 0.3 is 0 Å². The highest BCUT2D eigenvalue weighted by molar-refractivity contribution is 7.00. The maximum Gasteiger partial charge on any atom is 0.252 e. The van der Waals surface area contributed by atoms with Crippen molar-refractivity contribution in [2.75, 3.05) is 14.7 Å². The largest absolute Gasteiger partial charge is 0.334 e. The first-order valence-corrected chi connectivity index (χ1v) is 27.6. The lowest BCUT2D eigenvalue weighted by Crippen LogP contribution is -2.62. The molecule has 4 heteroatoms. The Morgan fingerprint density at radius 1 is 0.575 bits per heavy atom. The second-order valence-electron chi connectivity index (χ2n) is 27.2. The zero-order valence-electron chi connectivity index (χ0n) is 46.3. The third kappa shape index (κ3) is 7.21. The van der Waals surface area contributed by atoms with Crippen LogP contribution in [-0.2, 0) is 21.7 Å². The van der Waals surface area contributed by atoms with Gasteiger partial charge in [0.2, 0.25) is 0 Å². The van der Waals surface area contributed by atoms with Crippen molar-refractivity contribution in [3.8, 4) is 0 Å². The van der Waals surface area contributed by atoms with E-state index in [2.05, 4.69) is 251 Å². The van der Waals surface area contributed by atoms with Gasteiger partial charge in [0.05, 0.1) is 11.2 Å². The van der Waals surface area contributed by atoms with Crippen LogP contribution in [-0.4, -0.2) is 12.3 Å². The molecule has 6 aromatic carbocycles. The number of benzene rings is 6. The second-order valence-corrected chi connectivity index (χ2v) is 27.2. The zero-order chi connectivity index (χ0) is 51.4. The predicted molar refractivity (Wildman–Crippen MR) is 314 cm³/mol. The number of nitrogens with zero attached hydrogens (tertiary/aromatic N) is 3. The van der Waals surface area contributed by atoms with Gasteiger partial charge < -0.3 is 14.7 Å². The topological polar surface area (TPSA) is 9.72 Å². The smallest absolute Gasteiger partial charge is 0.252 e. The molecule has 3 heterocycles. The minimum atomic E-state index is -0.189. The molecule has 3 nitrogen and oxygen atoms in total. The van der Waals surface area contributed by atoms with E-state index < -0.39 is 0 Å². The van der Waals surface area contributed by atoms with E-state index >= 15 is 0 Å². The lowest BCUT2D eigenvalue weighted by atomic mass is 9.33. The number of rotatable bonds is 4. The van der Waals surface area contributed by atoms with E-state index in [1.54, 1.807) is 0 Å². The summed E-state index contributed by atoms with van der Waals surface area (Å²) in [5.74, 6) is 1.06. The van der Waals surface area contributed by atoms with E-state index in [0.29, 0.717) is 11.8 Å². The van der Waals surface area contributed by atoms with Crippen molar-refractivity contribution in [1.82, 2.24) is 0 Å². The Labute approximate surface area is 438 Å². The Kier molecular flexibility index (Phi) is 10.6. The van der Waals surface area contributed by atoms with Crippen molar-refractivity contribution in [3.05, 3.63) is 178 Å². The number of para-hydroxylation sites is 2. The fraction of sp³-hybridized carbons (Fsp3) is 0.391. The normalized spacial score (nSPS) is 23.3. The summed E-state index contributed by atoms with van der Waals surface area (Å²) in [7, 11) is 0. The highest BCUT2D eigenvalue weighted by Gasteiger charge is 2.61. The molecule has 0 radical (unpaired) electrons. The third-order valence-corrected chi connectivity index (χ3v) is 19.2. The van der Waals surface area contributed by atoms with Crippen LogP contribution in [0.3, 0.4) is 0 Å². The van der Waals surface area contributed by atoms with Crippen LogP contribution in [0.15, 0.2) is 145 Å². The summed E-state index contributed by atoms with van der Waals surface area (Å²) in [6.45, 7) is 34.3. The summed E-state index contributed by atoms with van der Waals surface area (Å²) in [6, 6.07) is 46.0. The number of fused-ring (bicyclic) bond motifs is 8. The summed E-state index contributed by atoms with van der Waals surface area (Å²) in [5.41, 5.74) is 30.3. The quantitative estimate of drug-likeness (QED) is 0.129. The maximum absolute atomic E-state index is 3.37. The zero-order valence-corrected chi connectivity index (χ0v) is 46.3. The van der Waals surface area contributed by atoms with Crippen LogP contribution in [0.25, 0.3) is 5.57 Å². The van der Waals surface area contributed by atoms with Crippen LogP contribution in [0.1, 0.15) is 168 Å². The summed E-state index contributed by atoms with van der Waals surface area (Å²) in [5, 5.41) is 0. The summed E-state index contributed by atoms with van der Waals surface area (Å²) in [4.78, 5) is 8.17. The van der Waals surface area contributed by atoms with E-state index in [-0.39, 0.29) is 39.3 Å². The van der Waals surface area contributed by atoms with Gasteiger partial charge in [0.15, 0.2) is 0 Å². The van der Waals surface area contributed by atoms with E-state index in [0.717, 1.165) is 18.4 Å². The molecule has 12 rings (SSSR count). The van der Waals surface area contributed by atoms with Crippen molar-refractivity contribution < 1.29 is 0 Å². The van der Waals surface area contributed by atoms with Crippen molar-refractivity contribution in [1.29, 1.82) is 0 Å². The van der Waals surface area contributed by atoms with Crippen molar-refractivity contribution in [3.63, 3.8) is 0 Å². The molecule has 6 aromatic rings. The molecule has 1 fully saturated rings. The molecular formula is C69H76BN3. The average molecular weight is 958 g/mol. The summed E-state index contributed by atoms with van der Waals surface area (Å²) in [6.07, 6.45) is 12.2. The minimum Gasteiger partial charge on any atom is -0.334 e. The molecule has 6 aliphatic rings. The highest BCUT2D eigenvalue weighted by Crippen LogP contribution is 2.65. The molecule has 73 heavy (non-hydrogen) atoms. The molecule has 0 N–H and O–H groups in total. The van der Waals surface area contributed by atoms with E-state index in [1.165, 1.54) is 115 Å². The van der Waals surface area contributed by atoms with E-state index in [9.17, 15) is 0 Å². The first kappa shape index (κ1) is 47.8. The molecule has 0 aromatic heterocycles. The van der Waals surface area contributed by atoms with E-state index in [1.807, 2.05) is 6.08 Å². The van der Waals surface area contributed by atoms with E-state index in [4.69, 9.17) is 0 Å². The van der Waals surface area contributed by atoms with Gasteiger partial charge in [-0.2, -0.15) is 0 Å². The molecular weight excluding hydrogens is 882 g/mol. The lowest BCUT2D eigenvalue weighted by Gasteiger charge is -2.55. The molecule has 4 unspecified atom stereocenters.